The molecule has 1 heterocycles. The number of carbonyl (C=O) groups is 1. The van der Waals surface area contributed by atoms with Crippen LogP contribution in [0, 0.1) is 11.3 Å². The summed E-state index contributed by atoms with van der Waals surface area (Å²) in [5.74, 6) is 0.495. The molecule has 0 N–H and O–H groups in total. The van der Waals surface area contributed by atoms with Crippen LogP contribution in [-0.4, -0.2) is 26.2 Å². The van der Waals surface area contributed by atoms with Crippen LogP contribution in [0.3, 0.4) is 0 Å². The predicted octanol–water partition coefficient (Wildman–Crippen LogP) is 0.646. The van der Waals surface area contributed by atoms with Crippen molar-refractivity contribution in [1.82, 2.24) is 0 Å². The van der Waals surface area contributed by atoms with E-state index in [0.29, 0.717) is 12.3 Å². The van der Waals surface area contributed by atoms with Crippen molar-refractivity contribution in [2.75, 3.05) is 11.5 Å². The summed E-state index contributed by atoms with van der Waals surface area (Å²) in [5, 5.41) is 0. The fourth-order valence-electron chi connectivity index (χ4n) is 1.88. The van der Waals surface area contributed by atoms with Crippen LogP contribution in [0.15, 0.2) is 0 Å². The molecular formula is C8H14O3S. The van der Waals surface area contributed by atoms with Gasteiger partial charge in [-0.25, -0.2) is 8.42 Å². The zero-order valence-corrected chi connectivity index (χ0v) is 8.23. The van der Waals surface area contributed by atoms with Gasteiger partial charge in [0.15, 0.2) is 9.84 Å². The molecule has 1 aliphatic rings. The molecule has 0 aromatic rings. The topological polar surface area (TPSA) is 51.2 Å². The summed E-state index contributed by atoms with van der Waals surface area (Å²) in [6.45, 7) is 3.99. The first kappa shape index (κ1) is 9.71. The van der Waals surface area contributed by atoms with Gasteiger partial charge in [-0.1, -0.05) is 13.8 Å². The normalized spacial score (nSPS) is 24.9. The first-order valence-corrected chi connectivity index (χ1v) is 5.88. The molecule has 1 aliphatic heterocycles. The van der Waals surface area contributed by atoms with Gasteiger partial charge in [-0.2, -0.15) is 0 Å². The predicted molar refractivity (Wildman–Crippen MR) is 46.6 cm³/mol. The Balaban J connectivity index is 2.65. The van der Waals surface area contributed by atoms with Gasteiger partial charge in [0.05, 0.1) is 16.9 Å². The minimum atomic E-state index is -2.88. The molecule has 0 bridgehead atoms. The van der Waals surface area contributed by atoms with Gasteiger partial charge >= 0.3 is 0 Å². The largest absolute Gasteiger partial charge is 0.303 e. The molecule has 0 unspecified atom stereocenters. The second kappa shape index (κ2) is 2.83. The fraction of sp³-hybridized carbons (Fsp3) is 0.875. The maximum absolute atomic E-state index is 10.9. The molecular weight excluding hydrogens is 176 g/mol. The highest BCUT2D eigenvalue weighted by atomic mass is 32.2. The van der Waals surface area contributed by atoms with Crippen molar-refractivity contribution in [3.8, 4) is 0 Å². The van der Waals surface area contributed by atoms with Gasteiger partial charge in [-0.15, -0.1) is 0 Å². The zero-order valence-electron chi connectivity index (χ0n) is 7.41. The summed E-state index contributed by atoms with van der Waals surface area (Å²) in [5.41, 5.74) is -0.549. The van der Waals surface area contributed by atoms with E-state index in [1.807, 2.05) is 13.8 Å². The van der Waals surface area contributed by atoms with Gasteiger partial charge in [-0.05, 0) is 12.3 Å². The molecule has 0 aromatic carbocycles. The molecule has 1 rings (SSSR count). The van der Waals surface area contributed by atoms with Crippen molar-refractivity contribution in [2.45, 2.75) is 20.3 Å². The third kappa shape index (κ3) is 1.86. The SMILES string of the molecule is CC(C)CC1(C=O)CS(=O)(=O)C1. The lowest BCUT2D eigenvalue weighted by Crippen LogP contribution is -2.50. The van der Waals surface area contributed by atoms with Gasteiger partial charge in [0.1, 0.15) is 6.29 Å². The Bertz CT molecular complexity index is 265. The number of hydrogen-bond donors (Lipinski definition) is 0. The van der Waals surface area contributed by atoms with E-state index in [0.717, 1.165) is 6.29 Å². The molecule has 1 fully saturated rings. The maximum Gasteiger partial charge on any atom is 0.152 e. The fourth-order valence-corrected chi connectivity index (χ4v) is 3.92. The van der Waals surface area contributed by atoms with E-state index in [9.17, 15) is 13.2 Å². The highest BCUT2D eigenvalue weighted by molar-refractivity contribution is 7.93. The van der Waals surface area contributed by atoms with Crippen LogP contribution in [0.2, 0.25) is 0 Å². The lowest BCUT2D eigenvalue weighted by molar-refractivity contribution is -0.115. The average Bonchev–Trinajstić information content (AvgIpc) is 1.81. The molecule has 0 radical (unpaired) electrons. The van der Waals surface area contributed by atoms with Crippen LogP contribution in [0.5, 0.6) is 0 Å². The molecule has 0 saturated carbocycles. The summed E-state index contributed by atoms with van der Waals surface area (Å²) >= 11 is 0. The van der Waals surface area contributed by atoms with E-state index in [-0.39, 0.29) is 11.5 Å². The molecule has 0 atom stereocenters. The second-order valence-electron chi connectivity index (χ2n) is 4.11. The molecule has 0 aromatic heterocycles. The number of sulfone groups is 1. The van der Waals surface area contributed by atoms with Crippen LogP contribution < -0.4 is 0 Å². The third-order valence-corrected chi connectivity index (χ3v) is 4.11. The van der Waals surface area contributed by atoms with Gasteiger partial charge in [-0.3, -0.25) is 0 Å². The highest BCUT2D eigenvalue weighted by Gasteiger charge is 2.48. The van der Waals surface area contributed by atoms with E-state index in [1.165, 1.54) is 0 Å². The van der Waals surface area contributed by atoms with Crippen molar-refractivity contribution in [2.24, 2.45) is 11.3 Å². The van der Waals surface area contributed by atoms with Gasteiger partial charge in [0.2, 0.25) is 0 Å². The minimum absolute atomic E-state index is 0.0572. The zero-order chi connectivity index (χ0) is 9.41. The number of carbonyl (C=O) groups excluding carboxylic acids is 1. The Kier molecular flexibility index (Phi) is 2.29. The lowest BCUT2D eigenvalue weighted by atomic mass is 9.84. The van der Waals surface area contributed by atoms with Crippen molar-refractivity contribution >= 4 is 16.1 Å². The van der Waals surface area contributed by atoms with Gasteiger partial charge in [0, 0.05) is 0 Å². The number of hydrogen-bond acceptors (Lipinski definition) is 3. The first-order valence-electron chi connectivity index (χ1n) is 4.06. The van der Waals surface area contributed by atoms with E-state index in [4.69, 9.17) is 0 Å². The molecule has 4 heteroatoms. The molecule has 3 nitrogen and oxygen atoms in total. The van der Waals surface area contributed by atoms with Crippen LogP contribution in [0.4, 0.5) is 0 Å². The second-order valence-corrected chi connectivity index (χ2v) is 6.17. The van der Waals surface area contributed by atoms with E-state index in [1.54, 1.807) is 0 Å². The molecule has 0 aliphatic carbocycles. The average molecular weight is 190 g/mol. The molecule has 12 heavy (non-hydrogen) atoms. The van der Waals surface area contributed by atoms with Crippen LogP contribution in [0.25, 0.3) is 0 Å². The lowest BCUT2D eigenvalue weighted by Gasteiger charge is -2.37. The van der Waals surface area contributed by atoms with E-state index in [2.05, 4.69) is 0 Å². The Morgan fingerprint density at radius 1 is 1.42 bits per heavy atom. The highest BCUT2D eigenvalue weighted by Crippen LogP contribution is 2.36. The first-order chi connectivity index (χ1) is 5.39. The van der Waals surface area contributed by atoms with Crippen molar-refractivity contribution in [3.63, 3.8) is 0 Å². The molecule has 1 saturated heterocycles. The molecule has 0 spiro atoms. The van der Waals surface area contributed by atoms with Gasteiger partial charge < -0.3 is 4.79 Å². The number of rotatable bonds is 3. The van der Waals surface area contributed by atoms with Crippen molar-refractivity contribution < 1.29 is 13.2 Å². The molecule has 70 valence electrons. The summed E-state index contributed by atoms with van der Waals surface area (Å²) in [7, 11) is -2.88. The Hall–Kier alpha value is -0.380. The van der Waals surface area contributed by atoms with Gasteiger partial charge in [0.25, 0.3) is 0 Å². The monoisotopic (exact) mass is 190 g/mol. The van der Waals surface area contributed by atoms with Crippen LogP contribution in [0.1, 0.15) is 20.3 Å². The summed E-state index contributed by atoms with van der Waals surface area (Å²) in [6, 6.07) is 0. The van der Waals surface area contributed by atoms with Crippen LogP contribution >= 0.6 is 0 Å². The smallest absolute Gasteiger partial charge is 0.152 e. The molecule has 0 amide bonds. The number of aldehydes is 1. The van der Waals surface area contributed by atoms with E-state index < -0.39 is 15.3 Å². The maximum atomic E-state index is 10.9. The summed E-state index contributed by atoms with van der Waals surface area (Å²) in [6.07, 6.45) is 1.50. The van der Waals surface area contributed by atoms with Crippen LogP contribution in [-0.2, 0) is 14.6 Å². The summed E-state index contributed by atoms with van der Waals surface area (Å²) < 4.78 is 21.8. The van der Waals surface area contributed by atoms with Crippen molar-refractivity contribution in [3.05, 3.63) is 0 Å². The standard InChI is InChI=1S/C8H14O3S/c1-7(2)3-8(4-9)5-12(10,11)6-8/h4,7H,3,5-6H2,1-2H3. The van der Waals surface area contributed by atoms with Crippen molar-refractivity contribution in [1.29, 1.82) is 0 Å². The summed E-state index contributed by atoms with van der Waals surface area (Å²) in [4.78, 5) is 10.7. The minimum Gasteiger partial charge on any atom is -0.303 e. The van der Waals surface area contributed by atoms with E-state index >= 15 is 0 Å². The Morgan fingerprint density at radius 3 is 2.17 bits per heavy atom. The Morgan fingerprint density at radius 2 is 1.92 bits per heavy atom. The Labute approximate surface area is 73.1 Å². The quantitative estimate of drug-likeness (QED) is 0.614. The third-order valence-electron chi connectivity index (χ3n) is 2.08.